The molecule has 0 saturated heterocycles. The Kier molecular flexibility index (Phi) is 6.91. The number of hydrogen-bond acceptors (Lipinski definition) is 4. The molecule has 0 amide bonds. The molecule has 0 aromatic heterocycles. The third-order valence-electron chi connectivity index (χ3n) is 3.62. The van der Waals surface area contributed by atoms with Crippen LogP contribution in [-0.4, -0.2) is 21.6 Å². The van der Waals surface area contributed by atoms with Gasteiger partial charge in [-0.2, -0.15) is 0 Å². The quantitative estimate of drug-likeness (QED) is 0.689. The molecule has 2 rings (SSSR count). The number of benzene rings is 2. The summed E-state index contributed by atoms with van der Waals surface area (Å²) in [5.74, 6) is 1.01. The first-order valence-electron chi connectivity index (χ1n) is 8.86. The van der Waals surface area contributed by atoms with Crippen molar-refractivity contribution in [3.63, 3.8) is 0 Å². The van der Waals surface area contributed by atoms with E-state index in [1.807, 2.05) is 33.8 Å². The fourth-order valence-corrected chi connectivity index (χ4v) is 3.61. The molecule has 0 bridgehead atoms. The number of rotatable bonds is 9. The Labute approximate surface area is 156 Å². The van der Waals surface area contributed by atoms with E-state index in [0.29, 0.717) is 30.4 Å². The van der Waals surface area contributed by atoms with Crippen LogP contribution in [0.1, 0.15) is 37.8 Å². The summed E-state index contributed by atoms with van der Waals surface area (Å²) in [6.07, 6.45) is 1.69. The van der Waals surface area contributed by atoms with Crippen molar-refractivity contribution in [2.45, 2.75) is 45.4 Å². The minimum Gasteiger partial charge on any atom is -0.490 e. The van der Waals surface area contributed by atoms with Gasteiger partial charge in [-0.1, -0.05) is 19.9 Å². The van der Waals surface area contributed by atoms with Crippen LogP contribution in [0.25, 0.3) is 0 Å². The molecule has 0 heterocycles. The number of ether oxygens (including phenoxy) is 2. The second-order valence-electron chi connectivity index (χ2n) is 6.29. The molecule has 5 nitrogen and oxygen atoms in total. The van der Waals surface area contributed by atoms with Crippen molar-refractivity contribution in [1.29, 1.82) is 0 Å². The second kappa shape index (κ2) is 8.94. The van der Waals surface area contributed by atoms with Gasteiger partial charge >= 0.3 is 0 Å². The Morgan fingerprint density at radius 2 is 1.42 bits per heavy atom. The lowest BCUT2D eigenvalue weighted by molar-refractivity contribution is 0.267. The molecule has 26 heavy (non-hydrogen) atoms. The number of sulfonamides is 1. The van der Waals surface area contributed by atoms with E-state index in [-0.39, 0.29) is 4.90 Å². The highest BCUT2D eigenvalue weighted by atomic mass is 32.2. The van der Waals surface area contributed by atoms with Gasteiger partial charge in [0, 0.05) is 11.8 Å². The number of nitrogens with one attached hydrogen (secondary N) is 1. The summed E-state index contributed by atoms with van der Waals surface area (Å²) in [7, 11) is -3.72. The van der Waals surface area contributed by atoms with Crippen molar-refractivity contribution in [3.05, 3.63) is 47.5 Å². The van der Waals surface area contributed by atoms with Crippen molar-refractivity contribution in [2.24, 2.45) is 0 Å². The Balaban J connectivity index is 2.32. The molecule has 142 valence electrons. The summed E-state index contributed by atoms with van der Waals surface area (Å²) in [4.78, 5) is 0.145. The maximum absolute atomic E-state index is 12.8. The van der Waals surface area contributed by atoms with Gasteiger partial charge in [-0.3, -0.25) is 4.72 Å². The number of hydrogen-bond donors (Lipinski definition) is 1. The van der Waals surface area contributed by atoms with Crippen molar-refractivity contribution >= 4 is 15.7 Å². The Hall–Kier alpha value is -2.21. The predicted molar refractivity (Wildman–Crippen MR) is 105 cm³/mol. The smallest absolute Gasteiger partial charge is 0.262 e. The normalized spacial score (nSPS) is 11.2. The first-order chi connectivity index (χ1) is 12.4. The Morgan fingerprint density at radius 3 is 2.00 bits per heavy atom. The van der Waals surface area contributed by atoms with Gasteiger partial charge < -0.3 is 9.47 Å². The van der Waals surface area contributed by atoms with Crippen molar-refractivity contribution in [3.8, 4) is 11.5 Å². The summed E-state index contributed by atoms with van der Waals surface area (Å²) in [5, 5.41) is 0. The zero-order chi connectivity index (χ0) is 19.2. The minimum absolute atomic E-state index is 0.145. The summed E-state index contributed by atoms with van der Waals surface area (Å²) >= 11 is 0. The molecule has 2 aromatic carbocycles. The summed E-state index contributed by atoms with van der Waals surface area (Å²) in [6, 6.07) is 10.3. The maximum atomic E-state index is 12.8. The molecular weight excluding hydrogens is 350 g/mol. The first-order valence-corrected chi connectivity index (χ1v) is 10.3. The van der Waals surface area contributed by atoms with Gasteiger partial charge in [0.25, 0.3) is 10.0 Å². The first kappa shape index (κ1) is 20.1. The molecule has 0 aliphatic carbocycles. The van der Waals surface area contributed by atoms with Crippen LogP contribution in [0.2, 0.25) is 0 Å². The molecule has 2 aromatic rings. The zero-order valence-corrected chi connectivity index (χ0v) is 16.7. The largest absolute Gasteiger partial charge is 0.490 e. The van der Waals surface area contributed by atoms with E-state index in [9.17, 15) is 8.42 Å². The summed E-state index contributed by atoms with van der Waals surface area (Å²) < 4.78 is 39.5. The predicted octanol–water partition coefficient (Wildman–Crippen LogP) is 4.68. The van der Waals surface area contributed by atoms with Crippen molar-refractivity contribution in [2.75, 3.05) is 17.9 Å². The van der Waals surface area contributed by atoms with E-state index in [4.69, 9.17) is 9.47 Å². The van der Waals surface area contributed by atoms with Crippen LogP contribution in [0.5, 0.6) is 11.5 Å². The van der Waals surface area contributed by atoms with Gasteiger partial charge in [0.15, 0.2) is 11.5 Å². The Bertz CT molecular complexity index is 827. The van der Waals surface area contributed by atoms with Crippen LogP contribution in [-0.2, 0) is 10.0 Å². The van der Waals surface area contributed by atoms with Gasteiger partial charge in [0.1, 0.15) is 0 Å². The number of aryl methyl sites for hydroxylation is 2. The van der Waals surface area contributed by atoms with E-state index >= 15 is 0 Å². The molecule has 0 aliphatic heterocycles. The molecule has 0 aliphatic rings. The van der Waals surface area contributed by atoms with Crippen LogP contribution in [0.4, 0.5) is 5.69 Å². The SMILES string of the molecule is CCCOc1ccc(S(=O)(=O)Nc2cc(C)cc(C)c2)cc1OCCC. The van der Waals surface area contributed by atoms with Crippen LogP contribution in [0, 0.1) is 13.8 Å². The van der Waals surface area contributed by atoms with Crippen LogP contribution in [0.3, 0.4) is 0 Å². The molecule has 0 unspecified atom stereocenters. The van der Waals surface area contributed by atoms with E-state index < -0.39 is 10.0 Å². The monoisotopic (exact) mass is 377 g/mol. The molecule has 6 heteroatoms. The van der Waals surface area contributed by atoms with Gasteiger partial charge in [0.05, 0.1) is 18.1 Å². The summed E-state index contributed by atoms with van der Waals surface area (Å²) in [6.45, 7) is 8.92. The lowest BCUT2D eigenvalue weighted by atomic mass is 10.1. The third-order valence-corrected chi connectivity index (χ3v) is 5.00. The van der Waals surface area contributed by atoms with Gasteiger partial charge in [0.2, 0.25) is 0 Å². The highest BCUT2D eigenvalue weighted by Crippen LogP contribution is 2.31. The molecule has 0 fully saturated rings. The highest BCUT2D eigenvalue weighted by molar-refractivity contribution is 7.92. The van der Waals surface area contributed by atoms with E-state index in [1.165, 1.54) is 12.1 Å². The van der Waals surface area contributed by atoms with Crippen molar-refractivity contribution < 1.29 is 17.9 Å². The van der Waals surface area contributed by atoms with Crippen molar-refractivity contribution in [1.82, 2.24) is 0 Å². The molecule has 0 atom stereocenters. The molecule has 0 saturated carbocycles. The average molecular weight is 378 g/mol. The summed E-state index contributed by atoms with van der Waals surface area (Å²) in [5.41, 5.74) is 2.54. The average Bonchev–Trinajstić information content (AvgIpc) is 2.57. The zero-order valence-electron chi connectivity index (χ0n) is 15.8. The standard InChI is InChI=1S/C20H27NO4S/c1-5-9-24-19-8-7-18(14-20(19)25-10-6-2)26(22,23)21-17-12-15(3)11-16(4)13-17/h7-8,11-14,21H,5-6,9-10H2,1-4H3. The van der Waals surface area contributed by atoms with Gasteiger partial charge in [-0.05, 0) is 62.1 Å². The lowest BCUT2D eigenvalue weighted by Gasteiger charge is -2.15. The van der Waals surface area contributed by atoms with E-state index in [1.54, 1.807) is 18.2 Å². The van der Waals surface area contributed by atoms with E-state index in [2.05, 4.69) is 4.72 Å². The van der Waals surface area contributed by atoms with Gasteiger partial charge in [-0.15, -0.1) is 0 Å². The van der Waals surface area contributed by atoms with Crippen LogP contribution < -0.4 is 14.2 Å². The maximum Gasteiger partial charge on any atom is 0.262 e. The number of anilines is 1. The molecule has 0 spiro atoms. The molecule has 1 N–H and O–H groups in total. The Morgan fingerprint density at radius 1 is 0.846 bits per heavy atom. The second-order valence-corrected chi connectivity index (χ2v) is 7.97. The molecule has 0 radical (unpaired) electrons. The topological polar surface area (TPSA) is 64.6 Å². The fraction of sp³-hybridized carbons (Fsp3) is 0.400. The van der Waals surface area contributed by atoms with Crippen LogP contribution >= 0.6 is 0 Å². The van der Waals surface area contributed by atoms with E-state index in [0.717, 1.165) is 24.0 Å². The highest BCUT2D eigenvalue weighted by Gasteiger charge is 2.18. The lowest BCUT2D eigenvalue weighted by Crippen LogP contribution is -2.13. The third kappa shape index (κ3) is 5.39. The fourth-order valence-electron chi connectivity index (χ4n) is 2.56. The minimum atomic E-state index is -3.72. The van der Waals surface area contributed by atoms with Gasteiger partial charge in [-0.25, -0.2) is 8.42 Å². The van der Waals surface area contributed by atoms with Crippen LogP contribution in [0.15, 0.2) is 41.3 Å². The molecular formula is C20H27NO4S.